The van der Waals surface area contributed by atoms with Gasteiger partial charge in [-0.25, -0.2) is 9.78 Å². The summed E-state index contributed by atoms with van der Waals surface area (Å²) in [4.78, 5) is 17.4. The van der Waals surface area contributed by atoms with Crippen LogP contribution in [0.25, 0.3) is 0 Å². The monoisotopic (exact) mass is 394 g/mol. The van der Waals surface area contributed by atoms with Gasteiger partial charge in [0.2, 0.25) is 0 Å². The number of hydrogen-bond acceptors (Lipinski definition) is 6. The van der Waals surface area contributed by atoms with Gasteiger partial charge in [-0.2, -0.15) is 13.2 Å². The first-order chi connectivity index (χ1) is 11.8. The molecule has 1 aliphatic heterocycles. The first kappa shape index (κ1) is 19.8. The second-order valence-corrected chi connectivity index (χ2v) is 7.33. The van der Waals surface area contributed by atoms with Crippen LogP contribution in [0.3, 0.4) is 0 Å². The summed E-state index contributed by atoms with van der Waals surface area (Å²) in [5, 5.41) is 12.6. The largest absolute Gasteiger partial charge is 0.490 e. The Morgan fingerprint density at radius 2 is 2.20 bits per heavy atom. The van der Waals surface area contributed by atoms with Crippen molar-refractivity contribution in [2.75, 3.05) is 19.8 Å². The molecule has 1 aliphatic rings. The highest BCUT2D eigenvalue weighted by molar-refractivity contribution is 7.10. The normalized spacial score (nSPS) is 18.5. The first-order valence-electron chi connectivity index (χ1n) is 7.33. The van der Waals surface area contributed by atoms with Gasteiger partial charge in [0.1, 0.15) is 0 Å². The summed E-state index contributed by atoms with van der Waals surface area (Å²) < 4.78 is 37.4. The maximum absolute atomic E-state index is 10.6. The van der Waals surface area contributed by atoms with E-state index in [0.29, 0.717) is 6.04 Å². The van der Waals surface area contributed by atoms with Crippen molar-refractivity contribution in [3.8, 4) is 0 Å². The van der Waals surface area contributed by atoms with Crippen LogP contribution in [0.4, 0.5) is 13.2 Å². The van der Waals surface area contributed by atoms with E-state index in [9.17, 15) is 13.2 Å². The molecule has 1 unspecified atom stereocenters. The number of carboxylic acid groups (broad SMARTS) is 1. The fourth-order valence-corrected chi connectivity index (χ4v) is 3.62. The van der Waals surface area contributed by atoms with E-state index >= 15 is 0 Å². The van der Waals surface area contributed by atoms with E-state index in [2.05, 4.69) is 39.7 Å². The number of aromatic nitrogens is 1. The molecule has 0 amide bonds. The molecule has 3 rings (SSSR count). The van der Waals surface area contributed by atoms with Crippen molar-refractivity contribution in [3.63, 3.8) is 0 Å². The molecular formula is C15H17F3N2O3S2. The van der Waals surface area contributed by atoms with Gasteiger partial charge in [0, 0.05) is 23.3 Å². The number of thiazole rings is 1. The van der Waals surface area contributed by atoms with E-state index in [0.717, 1.165) is 37.0 Å². The lowest BCUT2D eigenvalue weighted by atomic mass is 10.1. The zero-order valence-electron chi connectivity index (χ0n) is 13.3. The smallest absolute Gasteiger partial charge is 0.475 e. The Morgan fingerprint density at radius 1 is 1.48 bits per heavy atom. The molecule has 5 nitrogen and oxygen atoms in total. The number of carbonyl (C=O) groups is 1. The molecular weight excluding hydrogens is 377 g/mol. The lowest BCUT2D eigenvalue weighted by molar-refractivity contribution is -0.192. The highest BCUT2D eigenvalue weighted by Gasteiger charge is 2.38. The highest BCUT2D eigenvalue weighted by atomic mass is 32.1. The second kappa shape index (κ2) is 8.75. The Morgan fingerprint density at radius 3 is 2.72 bits per heavy atom. The van der Waals surface area contributed by atoms with Gasteiger partial charge >= 0.3 is 12.1 Å². The molecule has 0 saturated carbocycles. The molecule has 2 aromatic heterocycles. The fraction of sp³-hybridized carbons (Fsp3) is 0.467. The van der Waals surface area contributed by atoms with Gasteiger partial charge < -0.3 is 9.84 Å². The van der Waals surface area contributed by atoms with Crippen LogP contribution < -0.4 is 0 Å². The number of ether oxygens (including phenoxy) is 1. The highest BCUT2D eigenvalue weighted by Crippen LogP contribution is 2.27. The molecule has 2 aromatic rings. The number of aryl methyl sites for hydroxylation is 1. The predicted octanol–water partition coefficient (Wildman–Crippen LogP) is 3.72. The van der Waals surface area contributed by atoms with Crippen molar-refractivity contribution in [2.45, 2.75) is 25.7 Å². The lowest BCUT2D eigenvalue weighted by Gasteiger charge is -2.34. The molecule has 3 heterocycles. The van der Waals surface area contributed by atoms with Gasteiger partial charge in [-0.3, -0.25) is 4.90 Å². The molecule has 0 spiro atoms. The van der Waals surface area contributed by atoms with Gasteiger partial charge in [-0.05, 0) is 18.4 Å². The van der Waals surface area contributed by atoms with Crippen molar-refractivity contribution in [2.24, 2.45) is 0 Å². The summed E-state index contributed by atoms with van der Waals surface area (Å²) in [6.07, 6.45) is -5.08. The third-order valence-corrected chi connectivity index (χ3v) is 5.05. The van der Waals surface area contributed by atoms with Crippen LogP contribution in [-0.2, 0) is 16.1 Å². The SMILES string of the molecule is Cc1nc(C2COCCN2Cc2cccs2)cs1.O=C(O)C(F)(F)F. The van der Waals surface area contributed by atoms with Crippen LogP contribution in [0.1, 0.15) is 21.6 Å². The summed E-state index contributed by atoms with van der Waals surface area (Å²) in [5.41, 5.74) is 1.16. The number of rotatable bonds is 3. The molecule has 0 radical (unpaired) electrons. The Labute approximate surface area is 150 Å². The average molecular weight is 394 g/mol. The van der Waals surface area contributed by atoms with Crippen LogP contribution in [0.2, 0.25) is 0 Å². The third kappa shape index (κ3) is 6.07. The summed E-state index contributed by atoms with van der Waals surface area (Å²) in [6.45, 7) is 5.63. The molecule has 1 atom stereocenters. The molecule has 1 fully saturated rings. The Balaban J connectivity index is 0.000000277. The second-order valence-electron chi connectivity index (χ2n) is 5.23. The fourth-order valence-electron chi connectivity index (χ4n) is 2.24. The van der Waals surface area contributed by atoms with Crippen molar-refractivity contribution in [1.82, 2.24) is 9.88 Å². The standard InChI is InChI=1S/C13H16N2OS2.C2HF3O2/c1-10-14-12(9-18-10)13-8-16-5-4-15(13)7-11-3-2-6-17-11;3-2(4,5)1(6)7/h2-3,6,9,13H,4-5,7-8H2,1H3;(H,6,7). The Bertz CT molecular complexity index is 674. The number of morpholine rings is 1. The van der Waals surface area contributed by atoms with E-state index in [-0.39, 0.29) is 0 Å². The number of carboxylic acids is 1. The Kier molecular flexibility index (Phi) is 6.94. The molecule has 0 aliphatic carbocycles. The molecule has 1 saturated heterocycles. The summed E-state index contributed by atoms with van der Waals surface area (Å²) >= 11 is 3.54. The van der Waals surface area contributed by atoms with E-state index in [1.165, 1.54) is 4.88 Å². The maximum atomic E-state index is 10.6. The topological polar surface area (TPSA) is 62.7 Å². The van der Waals surface area contributed by atoms with Gasteiger partial charge in [0.25, 0.3) is 0 Å². The molecule has 1 N–H and O–H groups in total. The number of alkyl halides is 3. The summed E-state index contributed by atoms with van der Waals surface area (Å²) in [6, 6.07) is 4.62. The Hall–Kier alpha value is -1.49. The predicted molar refractivity (Wildman–Crippen MR) is 88.8 cm³/mol. The number of thiophene rings is 1. The van der Waals surface area contributed by atoms with E-state index in [1.807, 2.05) is 11.3 Å². The van der Waals surface area contributed by atoms with Crippen molar-refractivity contribution in [1.29, 1.82) is 0 Å². The third-order valence-electron chi connectivity index (χ3n) is 3.40. The van der Waals surface area contributed by atoms with Crippen LogP contribution in [0, 0.1) is 6.92 Å². The molecule has 138 valence electrons. The minimum atomic E-state index is -5.08. The van der Waals surface area contributed by atoms with Gasteiger partial charge in [-0.1, -0.05) is 6.07 Å². The molecule has 0 bridgehead atoms. The zero-order chi connectivity index (χ0) is 18.4. The number of hydrogen-bond donors (Lipinski definition) is 1. The van der Waals surface area contributed by atoms with E-state index in [1.54, 1.807) is 11.3 Å². The van der Waals surface area contributed by atoms with Crippen LogP contribution in [0.5, 0.6) is 0 Å². The van der Waals surface area contributed by atoms with Crippen molar-refractivity contribution in [3.05, 3.63) is 38.5 Å². The van der Waals surface area contributed by atoms with Gasteiger partial charge in [-0.15, -0.1) is 22.7 Å². The summed E-state index contributed by atoms with van der Waals surface area (Å²) in [5.74, 6) is -2.76. The van der Waals surface area contributed by atoms with Crippen molar-refractivity contribution < 1.29 is 27.8 Å². The van der Waals surface area contributed by atoms with Crippen LogP contribution in [0.15, 0.2) is 22.9 Å². The number of halogens is 3. The van der Waals surface area contributed by atoms with Crippen LogP contribution >= 0.6 is 22.7 Å². The first-order valence-corrected chi connectivity index (χ1v) is 9.09. The minimum Gasteiger partial charge on any atom is -0.475 e. The quantitative estimate of drug-likeness (QED) is 0.860. The van der Waals surface area contributed by atoms with Crippen LogP contribution in [-0.4, -0.2) is 46.9 Å². The molecule has 25 heavy (non-hydrogen) atoms. The maximum Gasteiger partial charge on any atom is 0.490 e. The number of nitrogens with zero attached hydrogens (tertiary/aromatic N) is 2. The zero-order valence-corrected chi connectivity index (χ0v) is 15.0. The molecule has 10 heteroatoms. The van der Waals surface area contributed by atoms with E-state index < -0.39 is 12.1 Å². The minimum absolute atomic E-state index is 0.311. The average Bonchev–Trinajstić information content (AvgIpc) is 3.19. The number of aliphatic carboxylic acids is 1. The van der Waals surface area contributed by atoms with Crippen molar-refractivity contribution >= 4 is 28.6 Å². The lowest BCUT2D eigenvalue weighted by Crippen LogP contribution is -2.39. The molecule has 0 aromatic carbocycles. The van der Waals surface area contributed by atoms with Gasteiger partial charge in [0.05, 0.1) is 30.0 Å². The van der Waals surface area contributed by atoms with E-state index in [4.69, 9.17) is 14.6 Å². The summed E-state index contributed by atoms with van der Waals surface area (Å²) in [7, 11) is 0. The van der Waals surface area contributed by atoms with Gasteiger partial charge in [0.15, 0.2) is 0 Å².